The number of rotatable bonds is 7. The van der Waals surface area contributed by atoms with Gasteiger partial charge in [-0.05, 0) is 52.3 Å². The van der Waals surface area contributed by atoms with Gasteiger partial charge in [-0.1, -0.05) is 30.3 Å². The molecule has 2 aliphatic heterocycles. The minimum Gasteiger partial charge on any atom is -0.341 e. The van der Waals surface area contributed by atoms with E-state index in [0.29, 0.717) is 26.1 Å². The summed E-state index contributed by atoms with van der Waals surface area (Å²) in [6, 6.07) is 10.4. The van der Waals surface area contributed by atoms with E-state index in [9.17, 15) is 9.59 Å². The van der Waals surface area contributed by atoms with Crippen LogP contribution in [0, 0.1) is 6.92 Å². The maximum absolute atomic E-state index is 12.8. The van der Waals surface area contributed by atoms with Crippen molar-refractivity contribution in [1.29, 1.82) is 0 Å². The normalized spacial score (nSPS) is 18.4. The first-order valence-electron chi connectivity index (χ1n) is 11.6. The van der Waals surface area contributed by atoms with Crippen LogP contribution in [0.15, 0.2) is 30.3 Å². The summed E-state index contributed by atoms with van der Waals surface area (Å²) >= 11 is 0. The number of carbonyl (C=O) groups is 2. The van der Waals surface area contributed by atoms with Crippen LogP contribution < -0.4 is 4.90 Å². The molecule has 1 atom stereocenters. The summed E-state index contributed by atoms with van der Waals surface area (Å²) in [5, 5.41) is 0. The quantitative estimate of drug-likeness (QED) is 0.669. The summed E-state index contributed by atoms with van der Waals surface area (Å²) in [6.45, 7) is 4.49. The average molecular weight is 436 g/mol. The van der Waals surface area contributed by atoms with Crippen LogP contribution in [0.2, 0.25) is 0 Å². The van der Waals surface area contributed by atoms with Crippen LogP contribution in [0.4, 0.5) is 5.82 Å². The zero-order valence-corrected chi connectivity index (χ0v) is 19.4. The summed E-state index contributed by atoms with van der Waals surface area (Å²) in [7, 11) is 3.82. The van der Waals surface area contributed by atoms with Gasteiger partial charge in [0.2, 0.25) is 11.8 Å². The highest BCUT2D eigenvalue weighted by atomic mass is 16.2. The van der Waals surface area contributed by atoms with Crippen LogP contribution in [0.3, 0.4) is 0 Å². The molecule has 0 unspecified atom stereocenters. The van der Waals surface area contributed by atoms with Gasteiger partial charge in [-0.15, -0.1) is 0 Å². The van der Waals surface area contributed by atoms with Gasteiger partial charge in [0.15, 0.2) is 0 Å². The first-order chi connectivity index (χ1) is 15.4. The number of aromatic nitrogens is 2. The van der Waals surface area contributed by atoms with Crippen molar-refractivity contribution >= 4 is 17.6 Å². The van der Waals surface area contributed by atoms with Crippen LogP contribution in [-0.2, 0) is 22.4 Å². The number of amides is 2. The van der Waals surface area contributed by atoms with E-state index in [1.807, 2.05) is 53.9 Å². The second-order valence-electron chi connectivity index (χ2n) is 9.20. The number of likely N-dealkylation sites (tertiary alicyclic amines) is 1. The fourth-order valence-corrected chi connectivity index (χ4v) is 4.68. The molecule has 7 heteroatoms. The number of carbonyl (C=O) groups excluding carboxylic acids is 2. The van der Waals surface area contributed by atoms with Crippen molar-refractivity contribution in [2.45, 2.75) is 44.9 Å². The Morgan fingerprint density at radius 1 is 1.19 bits per heavy atom. The van der Waals surface area contributed by atoms with Crippen molar-refractivity contribution in [3.63, 3.8) is 0 Å². The number of hydrogen-bond acceptors (Lipinski definition) is 5. The summed E-state index contributed by atoms with van der Waals surface area (Å²) in [5.41, 5.74) is 3.12. The molecule has 2 aromatic rings. The summed E-state index contributed by atoms with van der Waals surface area (Å²) in [4.78, 5) is 40.7. The molecule has 1 fully saturated rings. The molecule has 0 bridgehead atoms. The average Bonchev–Trinajstić information content (AvgIpc) is 3.10. The molecule has 2 amide bonds. The third-order valence-electron chi connectivity index (χ3n) is 6.37. The Labute approximate surface area is 190 Å². The van der Waals surface area contributed by atoms with E-state index in [1.54, 1.807) is 0 Å². The lowest BCUT2D eigenvalue weighted by Gasteiger charge is -2.33. The van der Waals surface area contributed by atoms with Crippen LogP contribution in [0.5, 0.6) is 0 Å². The maximum atomic E-state index is 12.8. The van der Waals surface area contributed by atoms with Crippen LogP contribution in [-0.4, -0.2) is 71.9 Å². The Bertz CT molecular complexity index is 976. The number of benzene rings is 1. The first-order valence-corrected chi connectivity index (χ1v) is 11.6. The molecule has 2 aliphatic rings. The van der Waals surface area contributed by atoms with Gasteiger partial charge in [-0.25, -0.2) is 9.97 Å². The Morgan fingerprint density at radius 2 is 1.97 bits per heavy atom. The van der Waals surface area contributed by atoms with Crippen molar-refractivity contribution < 1.29 is 9.59 Å². The number of nitrogens with zero attached hydrogens (tertiary/aromatic N) is 5. The molecule has 0 aliphatic carbocycles. The van der Waals surface area contributed by atoms with Crippen molar-refractivity contribution in [2.75, 3.05) is 45.2 Å². The highest BCUT2D eigenvalue weighted by Crippen LogP contribution is 2.33. The predicted octanol–water partition coefficient (Wildman–Crippen LogP) is 2.57. The van der Waals surface area contributed by atoms with Crippen LogP contribution >= 0.6 is 0 Å². The summed E-state index contributed by atoms with van der Waals surface area (Å²) in [6.07, 6.45) is 4.12. The van der Waals surface area contributed by atoms with E-state index in [-0.39, 0.29) is 17.7 Å². The zero-order chi connectivity index (χ0) is 22.7. The fourth-order valence-electron chi connectivity index (χ4n) is 4.68. The molecule has 1 aromatic carbocycles. The lowest BCUT2D eigenvalue weighted by atomic mass is 9.96. The minimum atomic E-state index is 0.106. The molecule has 0 N–H and O–H groups in total. The monoisotopic (exact) mass is 435 g/mol. The molecule has 170 valence electrons. The number of aryl methyl sites for hydroxylation is 2. The van der Waals surface area contributed by atoms with Gasteiger partial charge in [0.05, 0.1) is 13.0 Å². The fraction of sp³-hybridized carbons (Fsp3) is 0.520. The van der Waals surface area contributed by atoms with Crippen LogP contribution in [0.25, 0.3) is 0 Å². The zero-order valence-electron chi connectivity index (χ0n) is 19.4. The Morgan fingerprint density at radius 3 is 2.72 bits per heavy atom. The largest absolute Gasteiger partial charge is 0.341 e. The molecule has 0 spiro atoms. The molecule has 0 radical (unpaired) electrons. The molecule has 4 rings (SSSR count). The molecule has 1 saturated heterocycles. The topological polar surface area (TPSA) is 69.6 Å². The summed E-state index contributed by atoms with van der Waals surface area (Å²) in [5.74, 6) is 1.92. The van der Waals surface area contributed by atoms with Crippen molar-refractivity contribution in [3.05, 3.63) is 53.0 Å². The number of piperidine rings is 1. The Hall–Kier alpha value is -2.80. The highest BCUT2D eigenvalue weighted by Gasteiger charge is 2.33. The Kier molecular flexibility index (Phi) is 6.84. The van der Waals surface area contributed by atoms with E-state index < -0.39 is 0 Å². The first kappa shape index (κ1) is 22.4. The van der Waals surface area contributed by atoms with Gasteiger partial charge in [0.25, 0.3) is 0 Å². The molecule has 1 aromatic heterocycles. The highest BCUT2D eigenvalue weighted by molar-refractivity contribution is 6.00. The molecule has 0 saturated carbocycles. The number of fused-ring (bicyclic) bond motifs is 1. The van der Waals surface area contributed by atoms with Crippen LogP contribution in [0.1, 0.15) is 47.8 Å². The Balaban J connectivity index is 1.48. The van der Waals surface area contributed by atoms with Crippen molar-refractivity contribution in [2.24, 2.45) is 0 Å². The second-order valence-corrected chi connectivity index (χ2v) is 9.20. The number of hydrogen-bond donors (Lipinski definition) is 0. The molecular weight excluding hydrogens is 402 g/mol. The van der Waals surface area contributed by atoms with Gasteiger partial charge in [-0.2, -0.15) is 0 Å². The van der Waals surface area contributed by atoms with Gasteiger partial charge in [0, 0.05) is 36.8 Å². The SMILES string of the molecule is Cc1nc([C@@H]2CCCN(C(=O)CN(C)C)C2)nc2c1CC(=O)N2CCCc1ccccc1. The predicted molar refractivity (Wildman–Crippen MR) is 125 cm³/mol. The van der Waals surface area contributed by atoms with E-state index in [4.69, 9.17) is 9.97 Å². The van der Waals surface area contributed by atoms with Gasteiger partial charge in [0.1, 0.15) is 11.6 Å². The minimum absolute atomic E-state index is 0.106. The van der Waals surface area contributed by atoms with Gasteiger partial charge >= 0.3 is 0 Å². The van der Waals surface area contributed by atoms with Gasteiger partial charge < -0.3 is 9.80 Å². The third-order valence-corrected chi connectivity index (χ3v) is 6.37. The van der Waals surface area contributed by atoms with E-state index >= 15 is 0 Å². The molecular formula is C25H33N5O2. The smallest absolute Gasteiger partial charge is 0.236 e. The lowest BCUT2D eigenvalue weighted by Crippen LogP contribution is -2.43. The molecule has 32 heavy (non-hydrogen) atoms. The lowest BCUT2D eigenvalue weighted by molar-refractivity contribution is -0.133. The van der Waals surface area contributed by atoms with Crippen molar-refractivity contribution in [1.82, 2.24) is 19.8 Å². The number of anilines is 1. The van der Waals surface area contributed by atoms with Gasteiger partial charge in [-0.3, -0.25) is 14.5 Å². The molecule has 3 heterocycles. The van der Waals surface area contributed by atoms with E-state index in [0.717, 1.165) is 55.1 Å². The standard InChI is InChI=1S/C25H33N5O2/c1-18-21-15-22(31)30(14-7-11-19-9-5-4-6-10-19)25(21)27-24(26-18)20-12-8-13-29(16-20)23(32)17-28(2)3/h4-6,9-10,20H,7-8,11-17H2,1-3H3/t20-/m1/s1. The maximum Gasteiger partial charge on any atom is 0.236 e. The number of likely N-dealkylation sites (N-methyl/N-ethyl adjacent to an activating group) is 1. The second kappa shape index (κ2) is 9.77. The summed E-state index contributed by atoms with van der Waals surface area (Å²) < 4.78 is 0. The third kappa shape index (κ3) is 4.99. The van der Waals surface area contributed by atoms with E-state index in [1.165, 1.54) is 5.56 Å². The van der Waals surface area contributed by atoms with E-state index in [2.05, 4.69) is 12.1 Å². The van der Waals surface area contributed by atoms with Crippen molar-refractivity contribution in [3.8, 4) is 0 Å². The molecule has 7 nitrogen and oxygen atoms in total.